The molecule has 0 saturated heterocycles. The Hall–Kier alpha value is -3.61. The molecule has 0 spiro atoms. The number of ether oxygens (including phenoxy) is 3. The molecule has 0 bridgehead atoms. The second kappa shape index (κ2) is 7.33. The van der Waals surface area contributed by atoms with Gasteiger partial charge in [0.25, 0.3) is 0 Å². The first-order chi connectivity index (χ1) is 12.9. The molecule has 3 aromatic rings. The third-order valence-electron chi connectivity index (χ3n) is 3.68. The van der Waals surface area contributed by atoms with Crippen LogP contribution in [0, 0.1) is 0 Å². The van der Waals surface area contributed by atoms with Crippen LogP contribution in [0.4, 0.5) is 0 Å². The van der Waals surface area contributed by atoms with Crippen LogP contribution in [0.5, 0.6) is 17.2 Å². The summed E-state index contributed by atoms with van der Waals surface area (Å²) in [6.45, 7) is 2.49. The summed E-state index contributed by atoms with van der Waals surface area (Å²) in [6.07, 6.45) is 0. The molecule has 1 aromatic heterocycles. The fraction of sp³-hybridized carbons (Fsp3) is 0.150. The summed E-state index contributed by atoms with van der Waals surface area (Å²) >= 11 is 0. The number of esters is 2. The molecule has 27 heavy (non-hydrogen) atoms. The molecule has 1 heterocycles. The standard InChI is InChI=1S/C20H16O7/c1-11(21)25-14-6-4-13(5-7-14)19-20(26-12(2)22)18(23)16-9-8-15(24-3)10-17(16)27-19/h4-10H,1-3H3. The molecule has 0 aliphatic heterocycles. The maximum atomic E-state index is 12.8. The van der Waals surface area contributed by atoms with Crippen molar-refractivity contribution in [1.82, 2.24) is 0 Å². The maximum Gasteiger partial charge on any atom is 0.308 e. The quantitative estimate of drug-likeness (QED) is 0.515. The number of rotatable bonds is 4. The summed E-state index contributed by atoms with van der Waals surface area (Å²) in [6, 6.07) is 11.0. The molecule has 0 unspecified atom stereocenters. The molecule has 3 rings (SSSR count). The Bertz CT molecular complexity index is 1080. The zero-order chi connectivity index (χ0) is 19.6. The van der Waals surface area contributed by atoms with Crippen molar-refractivity contribution in [3.8, 4) is 28.6 Å². The highest BCUT2D eigenvalue weighted by atomic mass is 16.5. The van der Waals surface area contributed by atoms with E-state index in [-0.39, 0.29) is 22.5 Å². The van der Waals surface area contributed by atoms with Gasteiger partial charge in [-0.05, 0) is 36.4 Å². The van der Waals surface area contributed by atoms with Gasteiger partial charge in [0.05, 0.1) is 12.5 Å². The molecule has 2 aromatic carbocycles. The zero-order valence-corrected chi connectivity index (χ0v) is 14.9. The zero-order valence-electron chi connectivity index (χ0n) is 14.9. The lowest BCUT2D eigenvalue weighted by molar-refractivity contribution is -0.132. The molecule has 0 aliphatic rings. The Labute approximate surface area is 154 Å². The van der Waals surface area contributed by atoms with Crippen LogP contribution >= 0.6 is 0 Å². The second-order valence-corrected chi connectivity index (χ2v) is 5.66. The van der Waals surface area contributed by atoms with E-state index < -0.39 is 17.4 Å². The van der Waals surface area contributed by atoms with Crippen molar-refractivity contribution in [2.45, 2.75) is 13.8 Å². The third-order valence-corrected chi connectivity index (χ3v) is 3.68. The van der Waals surface area contributed by atoms with Gasteiger partial charge in [0.2, 0.25) is 11.2 Å². The van der Waals surface area contributed by atoms with Gasteiger partial charge in [-0.1, -0.05) is 0 Å². The summed E-state index contributed by atoms with van der Waals surface area (Å²) in [5, 5.41) is 0.257. The number of fused-ring (bicyclic) bond motifs is 1. The van der Waals surface area contributed by atoms with Gasteiger partial charge in [-0.3, -0.25) is 14.4 Å². The van der Waals surface area contributed by atoms with E-state index in [0.29, 0.717) is 17.1 Å². The number of carbonyl (C=O) groups excluding carboxylic acids is 2. The number of hydrogen-bond donors (Lipinski definition) is 0. The molecule has 138 valence electrons. The van der Waals surface area contributed by atoms with Crippen molar-refractivity contribution in [2.75, 3.05) is 7.11 Å². The summed E-state index contributed by atoms with van der Waals surface area (Å²) in [5.74, 6) is -0.363. The Balaban J connectivity index is 2.20. The minimum Gasteiger partial charge on any atom is -0.497 e. The van der Waals surface area contributed by atoms with E-state index >= 15 is 0 Å². The molecule has 7 heteroatoms. The van der Waals surface area contributed by atoms with E-state index in [1.54, 1.807) is 42.5 Å². The highest BCUT2D eigenvalue weighted by Crippen LogP contribution is 2.33. The average molecular weight is 368 g/mol. The summed E-state index contributed by atoms with van der Waals surface area (Å²) in [4.78, 5) is 35.3. The van der Waals surface area contributed by atoms with Gasteiger partial charge in [-0.2, -0.15) is 0 Å². The van der Waals surface area contributed by atoms with Crippen molar-refractivity contribution in [3.63, 3.8) is 0 Å². The molecule has 0 aliphatic carbocycles. The van der Waals surface area contributed by atoms with Crippen molar-refractivity contribution in [3.05, 3.63) is 52.7 Å². The van der Waals surface area contributed by atoms with Gasteiger partial charge in [0.15, 0.2) is 5.76 Å². The van der Waals surface area contributed by atoms with Crippen LogP contribution in [0.3, 0.4) is 0 Å². The van der Waals surface area contributed by atoms with Crippen molar-refractivity contribution in [2.24, 2.45) is 0 Å². The van der Waals surface area contributed by atoms with Crippen molar-refractivity contribution < 1.29 is 28.2 Å². The molecule has 0 radical (unpaired) electrons. The fourth-order valence-corrected chi connectivity index (χ4v) is 2.55. The largest absolute Gasteiger partial charge is 0.497 e. The lowest BCUT2D eigenvalue weighted by Crippen LogP contribution is -2.13. The van der Waals surface area contributed by atoms with Gasteiger partial charge >= 0.3 is 11.9 Å². The average Bonchev–Trinajstić information content (AvgIpc) is 2.63. The topological polar surface area (TPSA) is 92.0 Å². The fourth-order valence-electron chi connectivity index (χ4n) is 2.55. The number of methoxy groups -OCH3 is 1. The first-order valence-electron chi connectivity index (χ1n) is 8.01. The highest BCUT2D eigenvalue weighted by Gasteiger charge is 2.20. The van der Waals surface area contributed by atoms with Crippen LogP contribution in [0.15, 0.2) is 51.7 Å². The smallest absolute Gasteiger partial charge is 0.308 e. The highest BCUT2D eigenvalue weighted by molar-refractivity contribution is 5.85. The Morgan fingerprint density at radius 3 is 2.11 bits per heavy atom. The molecule has 0 fully saturated rings. The van der Waals surface area contributed by atoms with Crippen molar-refractivity contribution in [1.29, 1.82) is 0 Å². The van der Waals surface area contributed by atoms with E-state index in [4.69, 9.17) is 18.6 Å². The third kappa shape index (κ3) is 3.82. The van der Waals surface area contributed by atoms with E-state index in [9.17, 15) is 14.4 Å². The molecular formula is C20H16O7. The lowest BCUT2D eigenvalue weighted by Gasteiger charge is -2.10. The molecule has 0 saturated carbocycles. The SMILES string of the molecule is COc1ccc2c(=O)c(OC(C)=O)c(-c3ccc(OC(C)=O)cc3)oc2c1. The molecule has 0 atom stereocenters. The van der Waals surface area contributed by atoms with Crippen LogP contribution in [0.2, 0.25) is 0 Å². The minimum atomic E-state index is -0.645. The molecule has 7 nitrogen and oxygen atoms in total. The number of carbonyl (C=O) groups is 2. The monoisotopic (exact) mass is 368 g/mol. The lowest BCUT2D eigenvalue weighted by atomic mass is 10.1. The second-order valence-electron chi connectivity index (χ2n) is 5.66. The Morgan fingerprint density at radius 2 is 1.52 bits per heavy atom. The first-order valence-corrected chi connectivity index (χ1v) is 8.01. The minimum absolute atomic E-state index is 0.0883. The van der Waals surface area contributed by atoms with Gasteiger partial charge in [-0.15, -0.1) is 0 Å². The first kappa shape index (κ1) is 18.2. The molecule has 0 N–H and O–H groups in total. The van der Waals surface area contributed by atoms with Gasteiger partial charge in [0.1, 0.15) is 17.1 Å². The Morgan fingerprint density at radius 1 is 0.889 bits per heavy atom. The van der Waals surface area contributed by atoms with Gasteiger partial charge in [0, 0.05) is 25.5 Å². The van der Waals surface area contributed by atoms with E-state index in [1.165, 1.54) is 21.0 Å². The number of benzene rings is 2. The van der Waals surface area contributed by atoms with Crippen LogP contribution in [-0.2, 0) is 9.59 Å². The summed E-state index contributed by atoms with van der Waals surface area (Å²) in [7, 11) is 1.50. The van der Waals surface area contributed by atoms with Gasteiger partial charge < -0.3 is 18.6 Å². The van der Waals surface area contributed by atoms with Crippen LogP contribution in [0.1, 0.15) is 13.8 Å². The van der Waals surface area contributed by atoms with Crippen LogP contribution in [-0.4, -0.2) is 19.0 Å². The van der Waals surface area contributed by atoms with E-state index in [0.717, 1.165) is 0 Å². The van der Waals surface area contributed by atoms with Crippen LogP contribution in [0.25, 0.3) is 22.3 Å². The predicted octanol–water partition coefficient (Wildman–Crippen LogP) is 3.32. The Kier molecular flexibility index (Phi) is 4.94. The normalized spacial score (nSPS) is 10.5. The summed E-state index contributed by atoms with van der Waals surface area (Å²) in [5.41, 5.74) is 0.284. The molecule has 0 amide bonds. The van der Waals surface area contributed by atoms with Gasteiger partial charge in [-0.25, -0.2) is 0 Å². The van der Waals surface area contributed by atoms with E-state index in [1.807, 2.05) is 0 Å². The number of hydrogen-bond acceptors (Lipinski definition) is 7. The predicted molar refractivity (Wildman–Crippen MR) is 97.1 cm³/mol. The van der Waals surface area contributed by atoms with Crippen molar-refractivity contribution >= 4 is 22.9 Å². The molecular weight excluding hydrogens is 352 g/mol. The van der Waals surface area contributed by atoms with E-state index in [2.05, 4.69) is 0 Å². The van der Waals surface area contributed by atoms with Crippen LogP contribution < -0.4 is 19.6 Å². The summed E-state index contributed by atoms with van der Waals surface area (Å²) < 4.78 is 21.1. The maximum absolute atomic E-state index is 12.8.